The number of fused-ring (bicyclic) bond motifs is 11. The minimum atomic E-state index is -0.431. The Morgan fingerprint density at radius 2 is 0.938 bits per heavy atom. The smallest absolute Gasteiger partial charge is 0.261 e. The number of benzene rings is 12. The van der Waals surface area contributed by atoms with E-state index in [-0.39, 0.29) is 0 Å². The molecule has 0 bridgehead atoms. The summed E-state index contributed by atoms with van der Waals surface area (Å²) in [4.78, 5) is 6.98. The zero-order valence-electron chi connectivity index (χ0n) is 43.4. The van der Waals surface area contributed by atoms with Crippen LogP contribution in [-0.4, -0.2) is 11.3 Å². The van der Waals surface area contributed by atoms with Crippen molar-refractivity contribution < 1.29 is 17.9 Å². The molecule has 0 unspecified atom stereocenters. The van der Waals surface area contributed by atoms with Gasteiger partial charge in [-0.1, -0.05) is 146 Å². The highest BCUT2D eigenvalue weighted by Crippen LogP contribution is 2.52. The van der Waals surface area contributed by atoms with Gasteiger partial charge in [-0.05, 0) is 137 Å². The predicted octanol–water partition coefficient (Wildman–Crippen LogP) is 18.0. The first-order chi connectivity index (χ1) is 40.0. The molecule has 0 atom stereocenters. The van der Waals surface area contributed by atoms with Crippen molar-refractivity contribution in [2.24, 2.45) is 0 Å². The van der Waals surface area contributed by atoms with Crippen LogP contribution in [0.25, 0.3) is 60.6 Å². The van der Waals surface area contributed by atoms with Gasteiger partial charge in [-0.15, -0.1) is 0 Å². The molecule has 2 aliphatic heterocycles. The van der Waals surface area contributed by atoms with Crippen molar-refractivity contribution in [1.29, 1.82) is 0 Å². The SMILES string of the molecule is Fc1ccc2c(c1)c1cc(F)ccc1n2-c1cc2c3c(c1)N(c1ccccc1-c1ccccc1)c1cc(N(c4ccccc4)c4ccccc4)c4c(oc5ccccc54)c1B3c1ccc(N(c3ccccc3)c3ccccc3)cc1O2. The number of ether oxygens (including phenoxy) is 1. The summed E-state index contributed by atoms with van der Waals surface area (Å²) in [5, 5.41) is 3.16. The maximum Gasteiger partial charge on any atom is 0.261 e. The number of aromatic nitrogens is 1. The van der Waals surface area contributed by atoms with E-state index in [2.05, 4.69) is 219 Å². The minimum absolute atomic E-state index is 0.405. The molecule has 0 saturated heterocycles. The molecule has 0 saturated carbocycles. The van der Waals surface area contributed by atoms with Gasteiger partial charge in [-0.2, -0.15) is 0 Å². The standard InChI is InChI=1S/C72H45BF2N4O2/c74-47-34-38-61-57(40-47)58-41-48(75)35-39-62(58)78(61)54-42-64-70-68(44-54)80-67-43-53(76(49-22-8-2-9-23-49)50-24-10-3-11-25-50)36-37-59(67)73(70)71-65(79(64)60-32-18-16-30-55(60)46-20-6-1-7-21-46)45-63(69-56-31-17-19-33-66(56)81-72(69)71)77(51-26-12-4-13-27-51)52-28-14-5-15-29-52/h1-45H. The van der Waals surface area contributed by atoms with Gasteiger partial charge in [0, 0.05) is 73.7 Å². The summed E-state index contributed by atoms with van der Waals surface area (Å²) in [6.45, 7) is -0.431. The van der Waals surface area contributed by atoms with E-state index in [4.69, 9.17) is 9.15 Å². The third kappa shape index (κ3) is 7.39. The minimum Gasteiger partial charge on any atom is -0.458 e. The fraction of sp³-hybridized carbons (Fsp3) is 0. The number of para-hydroxylation sites is 6. The molecule has 0 aliphatic carbocycles. The van der Waals surface area contributed by atoms with Crippen molar-refractivity contribution in [3.05, 3.63) is 285 Å². The molecule has 16 rings (SSSR count). The first kappa shape index (κ1) is 46.5. The predicted molar refractivity (Wildman–Crippen MR) is 329 cm³/mol. The van der Waals surface area contributed by atoms with E-state index in [0.717, 1.165) is 117 Å². The van der Waals surface area contributed by atoms with Gasteiger partial charge in [0.15, 0.2) is 0 Å². The van der Waals surface area contributed by atoms with Crippen LogP contribution in [0, 0.1) is 11.6 Å². The van der Waals surface area contributed by atoms with E-state index >= 15 is 8.78 Å². The van der Waals surface area contributed by atoms with Crippen molar-refractivity contribution >= 4 is 118 Å². The molecule has 0 spiro atoms. The zero-order valence-corrected chi connectivity index (χ0v) is 43.4. The second kappa shape index (κ2) is 18.5. The van der Waals surface area contributed by atoms with E-state index < -0.39 is 18.3 Å². The summed E-state index contributed by atoms with van der Waals surface area (Å²) in [6.07, 6.45) is 0. The van der Waals surface area contributed by atoms with Crippen LogP contribution in [0.5, 0.6) is 11.5 Å². The lowest BCUT2D eigenvalue weighted by molar-refractivity contribution is 0.487. The monoisotopic (exact) mass is 1050 g/mol. The van der Waals surface area contributed by atoms with Gasteiger partial charge in [-0.3, -0.25) is 0 Å². The van der Waals surface area contributed by atoms with Crippen molar-refractivity contribution in [3.8, 4) is 28.3 Å². The Bertz CT molecular complexity index is 4650. The van der Waals surface area contributed by atoms with Gasteiger partial charge in [0.2, 0.25) is 0 Å². The summed E-state index contributed by atoms with van der Waals surface area (Å²) in [5.41, 5.74) is 17.2. The zero-order chi connectivity index (χ0) is 53.7. The molecule has 9 heteroatoms. The van der Waals surface area contributed by atoms with Gasteiger partial charge in [0.05, 0.1) is 33.5 Å². The van der Waals surface area contributed by atoms with Gasteiger partial charge < -0.3 is 28.4 Å². The lowest BCUT2D eigenvalue weighted by Crippen LogP contribution is -2.59. The van der Waals surface area contributed by atoms with E-state index in [0.29, 0.717) is 22.3 Å². The highest BCUT2D eigenvalue weighted by molar-refractivity contribution is 7.00. The molecule has 0 N–H and O–H groups in total. The molecule has 0 fully saturated rings. The highest BCUT2D eigenvalue weighted by atomic mass is 19.1. The third-order valence-corrected chi connectivity index (χ3v) is 16.1. The number of hydrogen-bond acceptors (Lipinski definition) is 5. The Hall–Kier alpha value is -10.6. The van der Waals surface area contributed by atoms with E-state index in [1.807, 2.05) is 36.4 Å². The van der Waals surface area contributed by atoms with E-state index in [1.165, 1.54) is 24.3 Å². The first-order valence-electron chi connectivity index (χ1n) is 27.1. The van der Waals surface area contributed by atoms with Gasteiger partial charge in [0.1, 0.15) is 34.3 Å². The largest absolute Gasteiger partial charge is 0.458 e. The molecule has 14 aromatic rings. The molecular formula is C72H45BF2N4O2. The fourth-order valence-corrected chi connectivity index (χ4v) is 12.7. The summed E-state index contributed by atoms with van der Waals surface area (Å²) >= 11 is 0. The van der Waals surface area contributed by atoms with Crippen LogP contribution < -0.4 is 35.8 Å². The highest BCUT2D eigenvalue weighted by Gasteiger charge is 2.46. The summed E-state index contributed by atoms with van der Waals surface area (Å²) < 4.78 is 47.9. The number of halogens is 2. The van der Waals surface area contributed by atoms with E-state index in [1.54, 1.807) is 12.1 Å². The summed E-state index contributed by atoms with van der Waals surface area (Å²) in [7, 11) is 0. The Labute approximate surface area is 465 Å². The van der Waals surface area contributed by atoms with Crippen LogP contribution in [0.15, 0.2) is 277 Å². The normalized spacial score (nSPS) is 12.4. The molecular weight excluding hydrogens is 1000 g/mol. The number of rotatable bonds is 9. The van der Waals surface area contributed by atoms with Crippen LogP contribution in [0.4, 0.5) is 60.0 Å². The molecule has 0 amide bonds. The number of furan rings is 1. The molecule has 2 aliphatic rings. The maximum absolute atomic E-state index is 15.4. The average Bonchev–Trinajstić information content (AvgIpc) is 3.76. The summed E-state index contributed by atoms with van der Waals surface area (Å²) in [6, 6.07) is 92.0. The van der Waals surface area contributed by atoms with Crippen LogP contribution in [-0.2, 0) is 0 Å². The van der Waals surface area contributed by atoms with Crippen molar-refractivity contribution in [3.63, 3.8) is 0 Å². The topological polar surface area (TPSA) is 37.0 Å². The van der Waals surface area contributed by atoms with Crippen LogP contribution >= 0.6 is 0 Å². The Balaban J connectivity index is 1.06. The Morgan fingerprint density at radius 1 is 0.395 bits per heavy atom. The van der Waals surface area contributed by atoms with Gasteiger partial charge >= 0.3 is 0 Å². The molecule has 12 aromatic carbocycles. The molecule has 0 radical (unpaired) electrons. The third-order valence-electron chi connectivity index (χ3n) is 16.1. The van der Waals surface area contributed by atoms with Crippen LogP contribution in [0.1, 0.15) is 0 Å². The lowest BCUT2D eigenvalue weighted by Gasteiger charge is -2.42. The maximum atomic E-state index is 15.4. The fourth-order valence-electron chi connectivity index (χ4n) is 12.7. The van der Waals surface area contributed by atoms with Crippen molar-refractivity contribution in [2.75, 3.05) is 14.7 Å². The van der Waals surface area contributed by atoms with Gasteiger partial charge in [-0.25, -0.2) is 8.78 Å². The quantitative estimate of drug-likeness (QED) is 0.135. The number of nitrogens with zero attached hydrogens (tertiary/aromatic N) is 4. The van der Waals surface area contributed by atoms with Crippen molar-refractivity contribution in [2.45, 2.75) is 0 Å². The Kier molecular flexibility index (Phi) is 10.6. The number of anilines is 9. The van der Waals surface area contributed by atoms with Crippen LogP contribution in [0.3, 0.4) is 0 Å². The number of hydrogen-bond donors (Lipinski definition) is 0. The molecule has 382 valence electrons. The second-order valence-electron chi connectivity index (χ2n) is 20.7. The second-order valence-corrected chi connectivity index (χ2v) is 20.7. The van der Waals surface area contributed by atoms with Crippen LogP contribution in [0.2, 0.25) is 0 Å². The van der Waals surface area contributed by atoms with E-state index in [9.17, 15) is 0 Å². The molecule has 4 heterocycles. The Morgan fingerprint density at radius 3 is 1.57 bits per heavy atom. The molecule has 2 aromatic heterocycles. The van der Waals surface area contributed by atoms with Crippen molar-refractivity contribution in [1.82, 2.24) is 4.57 Å². The van der Waals surface area contributed by atoms with Gasteiger partial charge in [0.25, 0.3) is 6.71 Å². The first-order valence-corrected chi connectivity index (χ1v) is 27.1. The molecule has 6 nitrogen and oxygen atoms in total. The molecule has 81 heavy (non-hydrogen) atoms. The summed E-state index contributed by atoms with van der Waals surface area (Å²) in [5.74, 6) is 0.513. The lowest BCUT2D eigenvalue weighted by atomic mass is 9.34. The average molecular weight is 1050 g/mol.